The number of benzene rings is 9. The van der Waals surface area contributed by atoms with Gasteiger partial charge >= 0.3 is 0 Å². The monoisotopic (exact) mass is 680 g/mol. The van der Waals surface area contributed by atoms with Crippen LogP contribution in [0.4, 0.5) is 0 Å². The van der Waals surface area contributed by atoms with Crippen molar-refractivity contribution in [2.24, 2.45) is 0 Å². The van der Waals surface area contributed by atoms with Gasteiger partial charge in [-0.2, -0.15) is 0 Å². The number of fused-ring (bicyclic) bond motifs is 4. The molecule has 1 aliphatic heterocycles. The van der Waals surface area contributed by atoms with Crippen LogP contribution in [0.15, 0.2) is 158 Å². The molecule has 0 N–H and O–H groups in total. The molecule has 2 unspecified atom stereocenters. The summed E-state index contributed by atoms with van der Waals surface area (Å²) in [6.45, 7) is 4.79. The van der Waals surface area contributed by atoms with E-state index in [0.717, 1.165) is 18.6 Å². The molecule has 254 valence electrons. The molecule has 0 amide bonds. The Bertz CT molecular complexity index is 2880. The molecule has 0 spiro atoms. The highest BCUT2D eigenvalue weighted by Gasteiger charge is 2.55. The second-order valence-corrected chi connectivity index (χ2v) is 15.9. The second-order valence-electron chi connectivity index (χ2n) is 15.9. The average Bonchev–Trinajstić information content (AvgIpc) is 3.45. The Morgan fingerprint density at radius 2 is 0.962 bits per heavy atom. The minimum atomic E-state index is -0.157. The van der Waals surface area contributed by atoms with E-state index in [2.05, 4.69) is 172 Å². The molecule has 0 saturated heterocycles. The van der Waals surface area contributed by atoms with E-state index in [0.29, 0.717) is 0 Å². The summed E-state index contributed by atoms with van der Waals surface area (Å²) < 4.78 is 6.81. The summed E-state index contributed by atoms with van der Waals surface area (Å²) in [4.78, 5) is 0. The summed E-state index contributed by atoms with van der Waals surface area (Å²) >= 11 is 0. The Labute approximate surface area is 310 Å². The van der Waals surface area contributed by atoms with Crippen LogP contribution in [0.5, 0.6) is 5.75 Å². The maximum absolute atomic E-state index is 6.81. The Balaban J connectivity index is 1.27. The smallest absolute Gasteiger partial charge is 0.124 e. The number of hydrogen-bond acceptors (Lipinski definition) is 1. The lowest BCUT2D eigenvalue weighted by Crippen LogP contribution is -2.49. The fourth-order valence-corrected chi connectivity index (χ4v) is 10.2. The van der Waals surface area contributed by atoms with Crippen molar-refractivity contribution in [2.75, 3.05) is 0 Å². The molecule has 1 saturated carbocycles. The lowest BCUT2D eigenvalue weighted by Gasteiger charge is -2.43. The molecular formula is C52H40O. The standard InChI is InChI=1S/C52H40O/c1-51-28-11-12-29-52(51,2)53-48-27-22-36(30-47(48)51)45-31-43(34-14-5-3-6-15-34)39-25-26-42-46(38-21-13-19-33-18-9-10-20-37(33)38)32-44(35-16-7-4-8-17-35)40-23-24-41(45)49(39)50(40)42/h3-10,13-27,30-32H,11-12,28-29H2,1-2H3. The van der Waals surface area contributed by atoms with Crippen molar-refractivity contribution >= 4 is 43.1 Å². The van der Waals surface area contributed by atoms with E-state index in [4.69, 9.17) is 4.74 Å². The summed E-state index contributed by atoms with van der Waals surface area (Å²) in [6.07, 6.45) is 4.74. The van der Waals surface area contributed by atoms with Crippen LogP contribution in [0, 0.1) is 0 Å². The third-order valence-electron chi connectivity index (χ3n) is 13.1. The predicted octanol–water partition coefficient (Wildman–Crippen LogP) is 14.4. The molecular weight excluding hydrogens is 641 g/mol. The zero-order chi connectivity index (χ0) is 35.3. The molecule has 1 aliphatic carbocycles. The first-order valence-corrected chi connectivity index (χ1v) is 19.2. The lowest BCUT2D eigenvalue weighted by atomic mass is 9.63. The van der Waals surface area contributed by atoms with Crippen LogP contribution < -0.4 is 4.74 Å². The molecule has 1 heteroatoms. The van der Waals surface area contributed by atoms with E-state index in [9.17, 15) is 0 Å². The van der Waals surface area contributed by atoms with Crippen LogP contribution in [0.25, 0.3) is 87.6 Å². The molecule has 0 bridgehead atoms. The Kier molecular flexibility index (Phi) is 6.54. The van der Waals surface area contributed by atoms with Crippen LogP contribution in [-0.4, -0.2) is 5.60 Å². The number of ether oxygens (including phenoxy) is 1. The number of hydrogen-bond donors (Lipinski definition) is 0. The molecule has 1 heterocycles. The molecule has 0 aromatic heterocycles. The Hall–Kier alpha value is -5.92. The molecule has 53 heavy (non-hydrogen) atoms. The summed E-state index contributed by atoms with van der Waals surface area (Å²) in [5.41, 5.74) is 11.3. The van der Waals surface area contributed by atoms with Gasteiger partial charge in [0.1, 0.15) is 11.4 Å². The fourth-order valence-electron chi connectivity index (χ4n) is 10.2. The highest BCUT2D eigenvalue weighted by molar-refractivity contribution is 6.32. The first kappa shape index (κ1) is 30.7. The highest BCUT2D eigenvalue weighted by Crippen LogP contribution is 2.57. The van der Waals surface area contributed by atoms with E-state index in [1.54, 1.807) is 0 Å². The van der Waals surface area contributed by atoms with Gasteiger partial charge in [0.2, 0.25) is 0 Å². The van der Waals surface area contributed by atoms with E-state index < -0.39 is 0 Å². The molecule has 2 atom stereocenters. The van der Waals surface area contributed by atoms with Crippen LogP contribution in [0.2, 0.25) is 0 Å². The predicted molar refractivity (Wildman–Crippen MR) is 224 cm³/mol. The second kappa shape index (κ2) is 11.3. The normalized spacial score (nSPS) is 19.5. The van der Waals surface area contributed by atoms with Gasteiger partial charge in [-0.3, -0.25) is 0 Å². The summed E-state index contributed by atoms with van der Waals surface area (Å²) in [5, 5.41) is 10.4. The largest absolute Gasteiger partial charge is 0.486 e. The summed E-state index contributed by atoms with van der Waals surface area (Å²) in [5.74, 6) is 1.06. The topological polar surface area (TPSA) is 9.23 Å². The lowest BCUT2D eigenvalue weighted by molar-refractivity contribution is 0.00740. The van der Waals surface area contributed by atoms with Crippen LogP contribution in [0.3, 0.4) is 0 Å². The van der Waals surface area contributed by atoms with E-state index in [1.165, 1.54) is 106 Å². The Morgan fingerprint density at radius 3 is 1.64 bits per heavy atom. The van der Waals surface area contributed by atoms with Crippen LogP contribution >= 0.6 is 0 Å². The van der Waals surface area contributed by atoms with Crippen molar-refractivity contribution < 1.29 is 4.74 Å². The van der Waals surface area contributed by atoms with E-state index in [1.807, 2.05) is 0 Å². The van der Waals surface area contributed by atoms with Gasteiger partial charge in [0.05, 0.1) is 0 Å². The van der Waals surface area contributed by atoms with Crippen molar-refractivity contribution in [2.45, 2.75) is 50.5 Å². The zero-order valence-electron chi connectivity index (χ0n) is 30.2. The SMILES string of the molecule is CC12CCCCC1(C)c1cc(-c3cc(-c4ccccc4)c4ccc5c(-c6cccc7ccccc67)cc(-c6ccccc6)c6ccc3c4c65)ccc1O2. The van der Waals surface area contributed by atoms with Gasteiger partial charge < -0.3 is 4.74 Å². The molecule has 9 aromatic carbocycles. The summed E-state index contributed by atoms with van der Waals surface area (Å²) in [7, 11) is 0. The Morgan fingerprint density at radius 1 is 0.415 bits per heavy atom. The van der Waals surface area contributed by atoms with Gasteiger partial charge in [0.25, 0.3) is 0 Å². The molecule has 9 aromatic rings. The molecule has 1 nitrogen and oxygen atoms in total. The molecule has 1 fully saturated rings. The van der Waals surface area contributed by atoms with Crippen LogP contribution in [-0.2, 0) is 5.41 Å². The fraction of sp³-hybridized carbons (Fsp3) is 0.154. The summed E-state index contributed by atoms with van der Waals surface area (Å²) in [6, 6.07) is 58.9. The molecule has 11 rings (SSSR count). The van der Waals surface area contributed by atoms with Crippen molar-refractivity contribution in [1.82, 2.24) is 0 Å². The maximum Gasteiger partial charge on any atom is 0.124 e. The third kappa shape index (κ3) is 4.37. The van der Waals surface area contributed by atoms with E-state index in [-0.39, 0.29) is 11.0 Å². The van der Waals surface area contributed by atoms with Crippen LogP contribution in [0.1, 0.15) is 45.1 Å². The van der Waals surface area contributed by atoms with Crippen molar-refractivity contribution in [3.05, 3.63) is 163 Å². The minimum absolute atomic E-state index is 0.000578. The van der Waals surface area contributed by atoms with Gasteiger partial charge in [0, 0.05) is 11.0 Å². The third-order valence-corrected chi connectivity index (χ3v) is 13.1. The maximum atomic E-state index is 6.81. The van der Waals surface area contributed by atoms with Gasteiger partial charge in [-0.15, -0.1) is 0 Å². The van der Waals surface area contributed by atoms with Gasteiger partial charge in [0.15, 0.2) is 0 Å². The van der Waals surface area contributed by atoms with Gasteiger partial charge in [-0.25, -0.2) is 0 Å². The van der Waals surface area contributed by atoms with Gasteiger partial charge in [-0.1, -0.05) is 147 Å². The zero-order valence-corrected chi connectivity index (χ0v) is 30.2. The molecule has 2 aliphatic rings. The van der Waals surface area contributed by atoms with E-state index >= 15 is 0 Å². The first-order valence-electron chi connectivity index (χ1n) is 19.2. The first-order chi connectivity index (χ1) is 26.0. The average molecular weight is 681 g/mol. The van der Waals surface area contributed by atoms with Crippen molar-refractivity contribution in [3.63, 3.8) is 0 Å². The minimum Gasteiger partial charge on any atom is -0.486 e. The van der Waals surface area contributed by atoms with Gasteiger partial charge in [-0.05, 0) is 138 Å². The quantitative estimate of drug-likeness (QED) is 0.168. The van der Waals surface area contributed by atoms with Crippen molar-refractivity contribution in [3.8, 4) is 50.3 Å². The highest BCUT2D eigenvalue weighted by atomic mass is 16.5. The number of rotatable bonds is 4. The van der Waals surface area contributed by atoms with Crippen molar-refractivity contribution in [1.29, 1.82) is 0 Å². The molecule has 0 radical (unpaired) electrons.